The molecular weight excluding hydrogens is 350 g/mol. The van der Waals surface area contributed by atoms with Crippen molar-refractivity contribution >= 4 is 45.6 Å². The Morgan fingerprint density at radius 2 is 1.88 bits per heavy atom. The molecule has 26 heavy (non-hydrogen) atoms. The molecule has 2 amide bonds. The van der Waals surface area contributed by atoms with Gasteiger partial charge >= 0.3 is 0 Å². The Kier molecular flexibility index (Phi) is 3.81. The van der Waals surface area contributed by atoms with Gasteiger partial charge in [0.2, 0.25) is 0 Å². The molecule has 4 rings (SSSR count). The fourth-order valence-electron chi connectivity index (χ4n) is 2.94. The van der Waals surface area contributed by atoms with Crippen molar-refractivity contribution in [2.24, 2.45) is 0 Å². The zero-order valence-electron chi connectivity index (χ0n) is 14.1. The van der Waals surface area contributed by atoms with Crippen LogP contribution in [0.2, 0.25) is 0 Å². The number of aryl methyl sites for hydroxylation is 2. The number of nitrogens with zero attached hydrogens (tertiary/aromatic N) is 1. The number of imide groups is 1. The van der Waals surface area contributed by atoms with E-state index in [4.69, 9.17) is 10.2 Å². The maximum absolute atomic E-state index is 11.7. The minimum absolute atomic E-state index is 0.308. The molecule has 0 radical (unpaired) electrons. The Morgan fingerprint density at radius 3 is 2.54 bits per heavy atom. The third kappa shape index (κ3) is 2.76. The summed E-state index contributed by atoms with van der Waals surface area (Å²) in [6, 6.07) is 5.79. The molecule has 0 bridgehead atoms. The van der Waals surface area contributed by atoms with Crippen LogP contribution < -0.4 is 11.1 Å². The van der Waals surface area contributed by atoms with E-state index >= 15 is 0 Å². The lowest BCUT2D eigenvalue weighted by Crippen LogP contribution is -2.17. The van der Waals surface area contributed by atoms with E-state index in [1.807, 2.05) is 26.0 Å². The quantitative estimate of drug-likeness (QED) is 0.526. The number of hydrogen-bond donors (Lipinski definition) is 2. The SMILES string of the molecule is Cc1cc(-c2cncc3cc(C=C4SC(=O)NC4=O)oc23)cc(C)c1N. The monoisotopic (exact) mass is 365 g/mol. The summed E-state index contributed by atoms with van der Waals surface area (Å²) in [7, 11) is 0. The minimum atomic E-state index is -0.413. The van der Waals surface area contributed by atoms with E-state index in [0.29, 0.717) is 16.2 Å². The smallest absolute Gasteiger partial charge is 0.290 e. The van der Waals surface area contributed by atoms with Gasteiger partial charge in [-0.3, -0.25) is 19.9 Å². The van der Waals surface area contributed by atoms with Crippen molar-refractivity contribution in [2.45, 2.75) is 13.8 Å². The summed E-state index contributed by atoms with van der Waals surface area (Å²) in [4.78, 5) is 27.6. The van der Waals surface area contributed by atoms with Crippen molar-refractivity contribution < 1.29 is 14.0 Å². The van der Waals surface area contributed by atoms with Gasteiger partial charge in [-0.2, -0.15) is 0 Å². The highest BCUT2D eigenvalue weighted by Crippen LogP contribution is 2.34. The first-order valence-corrected chi connectivity index (χ1v) is 8.73. The van der Waals surface area contributed by atoms with Crippen LogP contribution >= 0.6 is 11.8 Å². The van der Waals surface area contributed by atoms with Crippen molar-refractivity contribution in [3.63, 3.8) is 0 Å². The number of benzene rings is 1. The van der Waals surface area contributed by atoms with Crippen molar-refractivity contribution in [1.82, 2.24) is 10.3 Å². The van der Waals surface area contributed by atoms with Gasteiger partial charge in [0.15, 0.2) is 0 Å². The average Bonchev–Trinajstić information content (AvgIpc) is 3.14. The fraction of sp³-hybridized carbons (Fsp3) is 0.105. The number of nitrogens with two attached hydrogens (primary N) is 1. The Hall–Kier alpha value is -3.06. The maximum Gasteiger partial charge on any atom is 0.290 e. The second-order valence-electron chi connectivity index (χ2n) is 6.13. The van der Waals surface area contributed by atoms with Crippen molar-refractivity contribution in [2.75, 3.05) is 5.73 Å². The largest absolute Gasteiger partial charge is 0.456 e. The molecule has 0 unspecified atom stereocenters. The molecule has 1 aliphatic rings. The normalized spacial score (nSPS) is 15.8. The Balaban J connectivity index is 1.83. The number of fused-ring (bicyclic) bond motifs is 1. The number of carbonyl (C=O) groups is 2. The number of pyridine rings is 1. The van der Waals surface area contributed by atoms with E-state index < -0.39 is 5.91 Å². The maximum atomic E-state index is 11.7. The molecule has 2 aromatic heterocycles. The molecule has 3 aromatic rings. The topological polar surface area (TPSA) is 98.2 Å². The Bertz CT molecular complexity index is 1090. The summed E-state index contributed by atoms with van der Waals surface area (Å²) in [5, 5.41) is 2.66. The van der Waals surface area contributed by atoms with Gasteiger partial charge in [-0.1, -0.05) is 0 Å². The van der Waals surface area contributed by atoms with Gasteiger partial charge in [0, 0.05) is 35.1 Å². The van der Waals surface area contributed by atoms with Crippen molar-refractivity contribution in [3.05, 3.63) is 52.4 Å². The van der Waals surface area contributed by atoms with E-state index in [1.54, 1.807) is 24.5 Å². The lowest BCUT2D eigenvalue weighted by molar-refractivity contribution is -0.115. The number of furan rings is 1. The van der Waals surface area contributed by atoms with Crippen LogP contribution in [-0.2, 0) is 4.79 Å². The van der Waals surface area contributed by atoms with Gasteiger partial charge in [-0.25, -0.2) is 0 Å². The molecule has 3 N–H and O–H groups in total. The molecule has 0 saturated carbocycles. The number of carbonyl (C=O) groups excluding carboxylic acids is 2. The van der Waals surface area contributed by atoms with Crippen LogP contribution in [0.15, 0.2) is 39.9 Å². The van der Waals surface area contributed by atoms with E-state index in [1.165, 1.54) is 0 Å². The molecule has 3 heterocycles. The van der Waals surface area contributed by atoms with Gasteiger partial charge in [0.05, 0.1) is 4.91 Å². The first kappa shape index (κ1) is 16.4. The van der Waals surface area contributed by atoms with Crippen LogP contribution in [0.3, 0.4) is 0 Å². The molecule has 0 aliphatic carbocycles. The highest BCUT2D eigenvalue weighted by molar-refractivity contribution is 8.18. The van der Waals surface area contributed by atoms with Crippen LogP contribution in [0.25, 0.3) is 28.2 Å². The van der Waals surface area contributed by atoms with Gasteiger partial charge in [-0.15, -0.1) is 0 Å². The van der Waals surface area contributed by atoms with E-state index in [2.05, 4.69) is 10.3 Å². The standard InChI is InChI=1S/C19H15N3O3S/c1-9-3-11(4-10(2)16(9)20)14-8-21-7-12-5-13(25-17(12)14)6-15-18(23)22-19(24)26-15/h3-8H,20H2,1-2H3,(H,22,23,24). The molecule has 7 heteroatoms. The molecule has 1 fully saturated rings. The zero-order valence-corrected chi connectivity index (χ0v) is 14.9. The van der Waals surface area contributed by atoms with Gasteiger partial charge in [-0.05, 0) is 60.5 Å². The molecule has 130 valence electrons. The van der Waals surface area contributed by atoms with Crippen LogP contribution in [-0.4, -0.2) is 16.1 Å². The molecule has 1 aliphatic heterocycles. The molecular formula is C19H15N3O3S. The van der Waals surface area contributed by atoms with Crippen LogP contribution in [0.4, 0.5) is 10.5 Å². The lowest BCUT2D eigenvalue weighted by Gasteiger charge is -2.09. The third-order valence-electron chi connectivity index (χ3n) is 4.26. The molecule has 6 nitrogen and oxygen atoms in total. The van der Waals surface area contributed by atoms with Gasteiger partial charge in [0.1, 0.15) is 11.3 Å². The second kappa shape index (κ2) is 6.03. The highest BCUT2D eigenvalue weighted by atomic mass is 32.2. The molecule has 1 saturated heterocycles. The number of hydrogen-bond acceptors (Lipinski definition) is 6. The fourth-order valence-corrected chi connectivity index (χ4v) is 3.60. The molecule has 1 aromatic carbocycles. The number of thioether (sulfide) groups is 1. The molecule has 0 atom stereocenters. The number of nitrogen functional groups attached to an aromatic ring is 1. The summed E-state index contributed by atoms with van der Waals surface area (Å²) >= 11 is 0.857. The average molecular weight is 365 g/mol. The highest BCUT2D eigenvalue weighted by Gasteiger charge is 2.25. The Labute approximate surface area is 153 Å². The van der Waals surface area contributed by atoms with E-state index in [0.717, 1.165) is 45.1 Å². The second-order valence-corrected chi connectivity index (χ2v) is 7.14. The van der Waals surface area contributed by atoms with Crippen molar-refractivity contribution in [3.8, 4) is 11.1 Å². The van der Waals surface area contributed by atoms with Crippen LogP contribution in [0.1, 0.15) is 16.9 Å². The number of nitrogens with one attached hydrogen (secondary N) is 1. The lowest BCUT2D eigenvalue weighted by atomic mass is 9.99. The zero-order chi connectivity index (χ0) is 18.4. The summed E-state index contributed by atoms with van der Waals surface area (Å²) in [5.41, 5.74) is 11.3. The predicted octanol–water partition coefficient (Wildman–Crippen LogP) is 4.02. The number of anilines is 1. The summed E-state index contributed by atoms with van der Waals surface area (Å²) < 4.78 is 5.96. The van der Waals surface area contributed by atoms with E-state index in [-0.39, 0.29) is 5.24 Å². The van der Waals surface area contributed by atoms with Crippen LogP contribution in [0.5, 0.6) is 0 Å². The first-order chi connectivity index (χ1) is 12.4. The predicted molar refractivity (Wildman–Crippen MR) is 102 cm³/mol. The number of amides is 2. The minimum Gasteiger partial charge on any atom is -0.456 e. The summed E-state index contributed by atoms with van der Waals surface area (Å²) in [5.74, 6) is 0.0778. The number of rotatable bonds is 2. The van der Waals surface area contributed by atoms with Crippen molar-refractivity contribution in [1.29, 1.82) is 0 Å². The van der Waals surface area contributed by atoms with E-state index in [9.17, 15) is 9.59 Å². The molecule has 0 spiro atoms. The Morgan fingerprint density at radius 1 is 1.15 bits per heavy atom. The first-order valence-electron chi connectivity index (χ1n) is 7.92. The van der Waals surface area contributed by atoms with Gasteiger partial charge < -0.3 is 10.2 Å². The van der Waals surface area contributed by atoms with Gasteiger partial charge in [0.25, 0.3) is 11.1 Å². The number of aromatic nitrogens is 1. The summed E-state index contributed by atoms with van der Waals surface area (Å²) in [6.07, 6.45) is 5.01. The van der Waals surface area contributed by atoms with Crippen LogP contribution in [0, 0.1) is 13.8 Å². The summed E-state index contributed by atoms with van der Waals surface area (Å²) in [6.45, 7) is 3.93. The third-order valence-corrected chi connectivity index (χ3v) is 5.07.